The highest BCUT2D eigenvalue weighted by atomic mass is 35.5. The van der Waals surface area contributed by atoms with Crippen LogP contribution in [0, 0.1) is 0 Å². The molecule has 0 aliphatic heterocycles. The lowest BCUT2D eigenvalue weighted by atomic mass is 10.1. The number of hydrogen-bond donors (Lipinski definition) is 1. The number of halogens is 2. The molecule has 0 radical (unpaired) electrons. The Bertz CT molecular complexity index is 1080. The summed E-state index contributed by atoms with van der Waals surface area (Å²) in [6.45, 7) is 2.29. The van der Waals surface area contributed by atoms with Crippen LogP contribution in [0.2, 0.25) is 10.0 Å². The van der Waals surface area contributed by atoms with E-state index in [1.807, 2.05) is 37.3 Å². The molecule has 0 spiro atoms. The molecule has 0 saturated carbocycles. The quantitative estimate of drug-likeness (QED) is 0.449. The van der Waals surface area contributed by atoms with Crippen LogP contribution in [-0.4, -0.2) is 57.6 Å². The summed E-state index contributed by atoms with van der Waals surface area (Å²) in [5.74, 6) is -0.440. The molecule has 10 heteroatoms. The van der Waals surface area contributed by atoms with E-state index < -0.39 is 16.1 Å². The van der Waals surface area contributed by atoms with Crippen molar-refractivity contribution >= 4 is 50.7 Å². The molecule has 0 aromatic heterocycles. The molecule has 0 aliphatic carbocycles. The topological polar surface area (TPSA) is 86.8 Å². The van der Waals surface area contributed by atoms with Crippen LogP contribution in [0.25, 0.3) is 0 Å². The Morgan fingerprint density at radius 2 is 1.74 bits per heavy atom. The zero-order chi connectivity index (χ0) is 25.3. The molecular weight excluding hydrogens is 497 g/mol. The number of anilines is 1. The van der Waals surface area contributed by atoms with Crippen LogP contribution in [0.1, 0.15) is 31.7 Å². The third-order valence-corrected chi connectivity index (χ3v) is 7.18. The smallest absolute Gasteiger partial charge is 0.242 e. The second-order valence-corrected chi connectivity index (χ2v) is 10.6. The van der Waals surface area contributed by atoms with Crippen LogP contribution in [-0.2, 0) is 26.0 Å². The minimum Gasteiger partial charge on any atom is -0.357 e. The van der Waals surface area contributed by atoms with Gasteiger partial charge in [0, 0.05) is 31.6 Å². The lowest BCUT2D eigenvalue weighted by molar-refractivity contribution is -0.140. The summed E-state index contributed by atoms with van der Waals surface area (Å²) in [4.78, 5) is 27.2. The first-order chi connectivity index (χ1) is 16.1. The molecule has 1 N–H and O–H groups in total. The fraction of sp³-hybridized carbons (Fsp3) is 0.417. The summed E-state index contributed by atoms with van der Waals surface area (Å²) in [5.41, 5.74) is 1.33. The predicted octanol–water partition coefficient (Wildman–Crippen LogP) is 4.14. The molecule has 0 heterocycles. The van der Waals surface area contributed by atoms with E-state index in [4.69, 9.17) is 23.2 Å². The SMILES string of the molecule is CCC(C(=O)NC)N(CCc1ccccc1)C(=O)CCCN(c1cc(Cl)ccc1Cl)S(C)(=O)=O. The van der Waals surface area contributed by atoms with Crippen LogP contribution in [0.4, 0.5) is 5.69 Å². The Balaban J connectivity index is 2.16. The van der Waals surface area contributed by atoms with Crippen LogP contribution >= 0.6 is 23.2 Å². The van der Waals surface area contributed by atoms with Gasteiger partial charge in [-0.3, -0.25) is 13.9 Å². The van der Waals surface area contributed by atoms with E-state index >= 15 is 0 Å². The van der Waals surface area contributed by atoms with Gasteiger partial charge >= 0.3 is 0 Å². The van der Waals surface area contributed by atoms with Crippen molar-refractivity contribution in [2.45, 2.75) is 38.6 Å². The van der Waals surface area contributed by atoms with Gasteiger partial charge < -0.3 is 10.2 Å². The number of carbonyl (C=O) groups is 2. The number of benzene rings is 2. The Morgan fingerprint density at radius 1 is 1.06 bits per heavy atom. The predicted molar refractivity (Wildman–Crippen MR) is 138 cm³/mol. The van der Waals surface area contributed by atoms with Gasteiger partial charge in [-0.1, -0.05) is 60.5 Å². The van der Waals surface area contributed by atoms with Gasteiger partial charge in [-0.15, -0.1) is 0 Å². The Labute approximate surface area is 212 Å². The van der Waals surface area contributed by atoms with Crippen molar-refractivity contribution in [1.29, 1.82) is 0 Å². The fourth-order valence-electron chi connectivity index (χ4n) is 3.72. The molecule has 7 nitrogen and oxygen atoms in total. The lowest BCUT2D eigenvalue weighted by Crippen LogP contribution is -2.49. The average Bonchev–Trinajstić information content (AvgIpc) is 2.80. The molecule has 0 bridgehead atoms. The number of sulfonamides is 1. The van der Waals surface area contributed by atoms with Gasteiger partial charge in [-0.2, -0.15) is 0 Å². The molecular formula is C24H31Cl2N3O4S. The van der Waals surface area contributed by atoms with Crippen LogP contribution in [0.3, 0.4) is 0 Å². The van der Waals surface area contributed by atoms with E-state index in [0.717, 1.165) is 16.1 Å². The molecule has 34 heavy (non-hydrogen) atoms. The summed E-state index contributed by atoms with van der Waals surface area (Å²) in [5, 5.41) is 3.23. The van der Waals surface area contributed by atoms with E-state index in [0.29, 0.717) is 24.4 Å². The van der Waals surface area contributed by atoms with E-state index in [2.05, 4.69) is 5.32 Å². The average molecular weight is 529 g/mol. The van der Waals surface area contributed by atoms with Gasteiger partial charge in [0.15, 0.2) is 0 Å². The zero-order valence-corrected chi connectivity index (χ0v) is 22.0. The molecule has 186 valence electrons. The summed E-state index contributed by atoms with van der Waals surface area (Å²) in [6, 6.07) is 13.7. The lowest BCUT2D eigenvalue weighted by Gasteiger charge is -2.31. The minimum atomic E-state index is -3.66. The van der Waals surface area contributed by atoms with E-state index in [1.54, 1.807) is 18.0 Å². The second kappa shape index (κ2) is 13.0. The highest BCUT2D eigenvalue weighted by Gasteiger charge is 2.28. The summed E-state index contributed by atoms with van der Waals surface area (Å²) >= 11 is 12.3. The maximum Gasteiger partial charge on any atom is 0.242 e. The molecule has 2 rings (SSSR count). The highest BCUT2D eigenvalue weighted by molar-refractivity contribution is 7.92. The summed E-state index contributed by atoms with van der Waals surface area (Å²) in [7, 11) is -2.11. The molecule has 0 saturated heterocycles. The monoisotopic (exact) mass is 527 g/mol. The van der Waals surface area contributed by atoms with E-state index in [-0.39, 0.29) is 41.9 Å². The molecule has 2 amide bonds. The van der Waals surface area contributed by atoms with Crippen LogP contribution < -0.4 is 9.62 Å². The Morgan fingerprint density at radius 3 is 2.32 bits per heavy atom. The maximum absolute atomic E-state index is 13.2. The number of likely N-dealkylation sites (N-methyl/N-ethyl adjacent to an activating group) is 1. The van der Waals surface area contributed by atoms with Crippen LogP contribution in [0.5, 0.6) is 0 Å². The standard InChI is InChI=1S/C24H31Cl2N3O4S/c1-4-21(24(31)27-2)28(16-14-18-9-6-5-7-10-18)23(30)11-8-15-29(34(3,32)33)22-17-19(25)12-13-20(22)26/h5-7,9-10,12-13,17,21H,4,8,11,14-16H2,1-3H3,(H,27,31). The summed E-state index contributed by atoms with van der Waals surface area (Å²) in [6.07, 6.45) is 2.48. The van der Waals surface area contributed by atoms with Crippen molar-refractivity contribution in [1.82, 2.24) is 10.2 Å². The third kappa shape index (κ3) is 7.89. The van der Waals surface area contributed by atoms with Crippen LogP contribution in [0.15, 0.2) is 48.5 Å². The number of rotatable bonds is 12. The number of amides is 2. The van der Waals surface area contributed by atoms with Gasteiger partial charge in [0.1, 0.15) is 6.04 Å². The maximum atomic E-state index is 13.2. The highest BCUT2D eigenvalue weighted by Crippen LogP contribution is 2.31. The first kappa shape index (κ1) is 28.0. The van der Waals surface area contributed by atoms with Crippen molar-refractivity contribution in [2.24, 2.45) is 0 Å². The number of carbonyl (C=O) groups excluding carboxylic acids is 2. The number of nitrogens with one attached hydrogen (secondary N) is 1. The van der Waals surface area contributed by atoms with Gasteiger partial charge in [0.05, 0.1) is 17.0 Å². The van der Waals surface area contributed by atoms with E-state index in [9.17, 15) is 18.0 Å². The largest absolute Gasteiger partial charge is 0.357 e. The van der Waals surface area contributed by atoms with Gasteiger partial charge in [0.25, 0.3) is 0 Å². The van der Waals surface area contributed by atoms with Crippen molar-refractivity contribution in [3.05, 3.63) is 64.1 Å². The van der Waals surface area contributed by atoms with Crippen molar-refractivity contribution < 1.29 is 18.0 Å². The van der Waals surface area contributed by atoms with E-state index in [1.165, 1.54) is 12.1 Å². The third-order valence-electron chi connectivity index (χ3n) is 5.45. The van der Waals surface area contributed by atoms with Crippen molar-refractivity contribution in [3.63, 3.8) is 0 Å². The van der Waals surface area contributed by atoms with Gasteiger partial charge in [-0.25, -0.2) is 8.42 Å². The Kier molecular flexibility index (Phi) is 10.7. The molecule has 0 aliphatic rings. The molecule has 2 aromatic rings. The first-order valence-electron chi connectivity index (χ1n) is 11.1. The Hall–Kier alpha value is -2.29. The molecule has 1 atom stereocenters. The molecule has 1 unspecified atom stereocenters. The number of nitrogens with zero attached hydrogens (tertiary/aromatic N) is 2. The molecule has 2 aromatic carbocycles. The normalized spacial score (nSPS) is 12.1. The minimum absolute atomic E-state index is 0.0495. The molecule has 0 fully saturated rings. The second-order valence-electron chi connectivity index (χ2n) is 7.90. The first-order valence-corrected chi connectivity index (χ1v) is 13.7. The van der Waals surface area contributed by atoms with Gasteiger partial charge in [0.2, 0.25) is 21.8 Å². The van der Waals surface area contributed by atoms with Gasteiger partial charge in [-0.05, 0) is 43.0 Å². The zero-order valence-electron chi connectivity index (χ0n) is 19.6. The van der Waals surface area contributed by atoms with Crippen molar-refractivity contribution in [3.8, 4) is 0 Å². The number of hydrogen-bond acceptors (Lipinski definition) is 4. The summed E-state index contributed by atoms with van der Waals surface area (Å²) < 4.78 is 26.0. The fourth-order valence-corrected chi connectivity index (χ4v) is 5.13. The van der Waals surface area contributed by atoms with Crippen molar-refractivity contribution in [2.75, 3.05) is 30.7 Å².